The normalized spacial score (nSPS) is 13.3. The highest BCUT2D eigenvalue weighted by atomic mass is 19.2. The van der Waals surface area contributed by atoms with Crippen LogP contribution in [0.2, 0.25) is 0 Å². The van der Waals surface area contributed by atoms with Gasteiger partial charge in [0.1, 0.15) is 30.1 Å². The van der Waals surface area contributed by atoms with Gasteiger partial charge in [0.05, 0.1) is 12.5 Å². The van der Waals surface area contributed by atoms with Crippen LogP contribution in [0.4, 0.5) is 27.6 Å². The number of aliphatic hydroxyl groups is 1. The summed E-state index contributed by atoms with van der Waals surface area (Å²) in [5.74, 6) is -13.6. The molecule has 0 saturated carbocycles. The predicted octanol–water partition coefficient (Wildman–Crippen LogP) is 3.28. The molecule has 3 unspecified atom stereocenters. The lowest BCUT2D eigenvalue weighted by atomic mass is 10.0. The molecule has 0 spiro atoms. The third-order valence-electron chi connectivity index (χ3n) is 5.84. The fourth-order valence-electron chi connectivity index (χ4n) is 3.71. The molecule has 11 nitrogen and oxygen atoms in total. The van der Waals surface area contributed by atoms with E-state index in [-0.39, 0.29) is 17.5 Å². The fourth-order valence-corrected chi connectivity index (χ4v) is 3.71. The van der Waals surface area contributed by atoms with Gasteiger partial charge in [-0.25, -0.2) is 13.2 Å². The van der Waals surface area contributed by atoms with Crippen molar-refractivity contribution < 1.29 is 60.4 Å². The first-order valence-electron chi connectivity index (χ1n) is 13.5. The number of anilines is 1. The molecule has 0 aromatic heterocycles. The van der Waals surface area contributed by atoms with Crippen molar-refractivity contribution in [1.82, 2.24) is 10.6 Å². The van der Waals surface area contributed by atoms with Crippen molar-refractivity contribution in [2.24, 2.45) is 5.92 Å². The molecule has 0 radical (unpaired) electrons. The van der Waals surface area contributed by atoms with Crippen molar-refractivity contribution in [3.8, 4) is 11.5 Å². The van der Waals surface area contributed by atoms with E-state index in [4.69, 9.17) is 9.47 Å². The Morgan fingerprint density at radius 2 is 1.47 bits per heavy atom. The molecule has 0 aliphatic heterocycles. The number of esters is 1. The van der Waals surface area contributed by atoms with E-state index in [1.54, 1.807) is 20.8 Å². The Labute approximate surface area is 255 Å². The van der Waals surface area contributed by atoms with Crippen LogP contribution >= 0.6 is 0 Å². The van der Waals surface area contributed by atoms with E-state index < -0.39 is 102 Å². The van der Waals surface area contributed by atoms with E-state index >= 15 is 0 Å². The number of amides is 3. The summed E-state index contributed by atoms with van der Waals surface area (Å²) in [6.45, 7) is 5.54. The number of carbonyl (C=O) groups excluding carboxylic acids is 4. The van der Waals surface area contributed by atoms with Crippen molar-refractivity contribution in [3.05, 3.63) is 53.6 Å². The summed E-state index contributed by atoms with van der Waals surface area (Å²) >= 11 is 0. The first-order valence-corrected chi connectivity index (χ1v) is 13.5. The maximum atomic E-state index is 14.0. The molecule has 4 N–H and O–H groups in total. The lowest BCUT2D eigenvalue weighted by Crippen LogP contribution is -2.57. The molecule has 0 heterocycles. The summed E-state index contributed by atoms with van der Waals surface area (Å²) < 4.78 is 82.2. The average molecular weight is 648 g/mol. The van der Waals surface area contributed by atoms with Gasteiger partial charge in [-0.1, -0.05) is 13.8 Å². The van der Waals surface area contributed by atoms with E-state index in [0.29, 0.717) is 0 Å². The number of ether oxygens (including phenoxy) is 3. The Balaban J connectivity index is 2.19. The largest absolute Gasteiger partial charge is 0.485 e. The maximum Gasteiger partial charge on any atom is 0.313 e. The molecule has 0 aliphatic carbocycles. The molecule has 2 aromatic carbocycles. The monoisotopic (exact) mass is 647 g/mol. The highest BCUT2D eigenvalue weighted by Crippen LogP contribution is 2.27. The van der Waals surface area contributed by atoms with Crippen molar-refractivity contribution in [2.45, 2.75) is 64.8 Å². The number of benzene rings is 2. The van der Waals surface area contributed by atoms with Gasteiger partial charge in [0, 0.05) is 11.8 Å². The number of hydrogen-bond acceptors (Lipinski definition) is 8. The molecule has 248 valence electrons. The van der Waals surface area contributed by atoms with Crippen LogP contribution in [-0.4, -0.2) is 66.1 Å². The predicted molar refractivity (Wildman–Crippen MR) is 149 cm³/mol. The van der Waals surface area contributed by atoms with Crippen LogP contribution < -0.4 is 25.4 Å². The van der Waals surface area contributed by atoms with Gasteiger partial charge in [-0.2, -0.15) is 8.78 Å². The summed E-state index contributed by atoms with van der Waals surface area (Å²) in [7, 11) is 0. The molecule has 2 rings (SSSR count). The molecule has 3 amide bonds. The van der Waals surface area contributed by atoms with Gasteiger partial charge < -0.3 is 35.3 Å². The second kappa shape index (κ2) is 16.0. The highest BCUT2D eigenvalue weighted by Gasteiger charge is 2.33. The van der Waals surface area contributed by atoms with Crippen molar-refractivity contribution in [1.29, 1.82) is 0 Å². The third-order valence-corrected chi connectivity index (χ3v) is 5.84. The van der Waals surface area contributed by atoms with Crippen LogP contribution in [0.15, 0.2) is 30.3 Å². The topological polar surface area (TPSA) is 152 Å². The zero-order valence-corrected chi connectivity index (χ0v) is 25.0. The van der Waals surface area contributed by atoms with Gasteiger partial charge in [0.15, 0.2) is 17.4 Å². The Bertz CT molecular complexity index is 1340. The molecule has 3 atom stereocenters. The van der Waals surface area contributed by atoms with Gasteiger partial charge in [-0.3, -0.25) is 19.2 Å². The second-order valence-corrected chi connectivity index (χ2v) is 11.0. The number of halogens is 5. The van der Waals surface area contributed by atoms with E-state index in [2.05, 4.69) is 20.7 Å². The van der Waals surface area contributed by atoms with Crippen LogP contribution in [0.3, 0.4) is 0 Å². The minimum Gasteiger partial charge on any atom is -0.485 e. The smallest absolute Gasteiger partial charge is 0.313 e. The van der Waals surface area contributed by atoms with Gasteiger partial charge in [-0.05, 0) is 51.0 Å². The van der Waals surface area contributed by atoms with Crippen molar-refractivity contribution in [2.75, 3.05) is 18.8 Å². The number of aliphatic hydroxyl groups excluding tert-OH is 1. The summed E-state index contributed by atoms with van der Waals surface area (Å²) in [5, 5.41) is 17.6. The first kappa shape index (κ1) is 36.7. The zero-order valence-electron chi connectivity index (χ0n) is 25.0. The molecule has 2 aromatic rings. The van der Waals surface area contributed by atoms with E-state index in [1.807, 2.05) is 0 Å². The molecular formula is C29H34F5N3O8. The molecule has 16 heteroatoms. The summed E-state index contributed by atoms with van der Waals surface area (Å²) in [6.07, 6.45) is -2.63. The van der Waals surface area contributed by atoms with Crippen LogP contribution in [0.25, 0.3) is 0 Å². The Morgan fingerprint density at radius 1 is 0.889 bits per heavy atom. The lowest BCUT2D eigenvalue weighted by molar-refractivity contribution is -0.156. The second-order valence-electron chi connectivity index (χ2n) is 11.0. The van der Waals surface area contributed by atoms with Crippen LogP contribution in [0.1, 0.15) is 41.0 Å². The fraction of sp³-hybridized carbons (Fsp3) is 0.448. The van der Waals surface area contributed by atoms with E-state index in [1.165, 1.54) is 38.1 Å². The molecular weight excluding hydrogens is 613 g/mol. The Kier molecular flexibility index (Phi) is 13.1. The van der Waals surface area contributed by atoms with Crippen LogP contribution in [0.5, 0.6) is 11.5 Å². The first-order chi connectivity index (χ1) is 20.9. The van der Waals surface area contributed by atoms with Crippen LogP contribution in [-0.2, 0) is 23.9 Å². The molecule has 0 saturated heterocycles. The Hall–Kier alpha value is -4.47. The van der Waals surface area contributed by atoms with E-state index in [0.717, 1.165) is 0 Å². The molecule has 0 bridgehead atoms. The van der Waals surface area contributed by atoms with Gasteiger partial charge in [0.25, 0.3) is 0 Å². The van der Waals surface area contributed by atoms with Gasteiger partial charge in [-0.15, -0.1) is 0 Å². The summed E-state index contributed by atoms with van der Waals surface area (Å²) in [6, 6.07) is 2.32. The SMILES string of the molecule is CC(C)C(NC(=O)C(=O)Nc1ccc(OCF)cc1)C(=O)NC(CC(=O)OC(C)(C)C)C(O)COc1c(F)c(F)cc(F)c1F. The minimum atomic E-state index is -1.91. The van der Waals surface area contributed by atoms with Crippen molar-refractivity contribution in [3.63, 3.8) is 0 Å². The van der Waals surface area contributed by atoms with E-state index in [9.17, 15) is 46.2 Å². The number of rotatable bonds is 13. The van der Waals surface area contributed by atoms with Crippen molar-refractivity contribution >= 4 is 29.4 Å². The standard InChI is InChI=1S/C29H34F5N3O8/c1-14(2)24(37-28(42)27(41)35-15-6-8-16(9-7-15)44-13-30)26(40)36-19(11-21(39)45-29(3,4)5)20(38)12-43-25-22(33)17(31)10-18(32)23(25)34/h6-10,14,19-20,24,38H,11-13H2,1-5H3,(H,35,41)(H,36,40)(H,37,42). The van der Waals surface area contributed by atoms with Crippen LogP contribution in [0, 0.1) is 29.2 Å². The van der Waals surface area contributed by atoms with Gasteiger partial charge >= 0.3 is 17.8 Å². The summed E-state index contributed by atoms with van der Waals surface area (Å²) in [5.41, 5.74) is -0.834. The zero-order chi connectivity index (χ0) is 34.1. The summed E-state index contributed by atoms with van der Waals surface area (Å²) in [4.78, 5) is 50.8. The minimum absolute atomic E-state index is 0.0419. The Morgan fingerprint density at radius 3 is 1.98 bits per heavy atom. The lowest BCUT2D eigenvalue weighted by Gasteiger charge is -2.29. The average Bonchev–Trinajstić information content (AvgIpc) is 2.94. The molecule has 0 fully saturated rings. The number of hydrogen-bond donors (Lipinski definition) is 4. The number of carbonyl (C=O) groups is 4. The molecule has 0 aliphatic rings. The van der Waals surface area contributed by atoms with Gasteiger partial charge in [0.2, 0.25) is 24.4 Å². The maximum absolute atomic E-state index is 14.0. The highest BCUT2D eigenvalue weighted by molar-refractivity contribution is 6.40. The number of nitrogens with one attached hydrogen (secondary N) is 3. The number of alkyl halides is 1. The quantitative estimate of drug-likeness (QED) is 0.112. The molecule has 45 heavy (non-hydrogen) atoms. The third kappa shape index (κ3) is 11.2.